The molecule has 1 heterocycles. The van der Waals surface area contributed by atoms with Crippen LogP contribution in [0.1, 0.15) is 0 Å². The minimum atomic E-state index is -0.871. The Hall–Kier alpha value is -1.49. The van der Waals surface area contributed by atoms with Gasteiger partial charge in [-0.1, -0.05) is 34.1 Å². The van der Waals surface area contributed by atoms with Crippen LogP contribution in [-0.2, 0) is 0 Å². The van der Waals surface area contributed by atoms with E-state index in [2.05, 4.69) is 25.9 Å². The zero-order valence-corrected chi connectivity index (χ0v) is 9.08. The normalized spacial score (nSPS) is 10.3. The second kappa shape index (κ2) is 3.94. The molecular weight excluding hydrogens is 263 g/mol. The number of hydrogen-bond acceptors (Lipinski definition) is 2. The molecular formula is C10H6BrFN2O. The number of hydrogen-bond donors (Lipinski definition) is 1. The first-order chi connectivity index (χ1) is 7.20. The van der Waals surface area contributed by atoms with Gasteiger partial charge in [0.05, 0.1) is 6.33 Å². The van der Waals surface area contributed by atoms with E-state index < -0.39 is 11.4 Å². The number of nitrogens with one attached hydrogen (secondary N) is 1. The molecule has 15 heavy (non-hydrogen) atoms. The number of halogens is 2. The topological polar surface area (TPSA) is 45.8 Å². The minimum Gasteiger partial charge on any atom is -0.311 e. The van der Waals surface area contributed by atoms with Crippen LogP contribution >= 0.6 is 15.9 Å². The summed E-state index contributed by atoms with van der Waals surface area (Å²) in [5, 5.41) is 0. The maximum absolute atomic E-state index is 13.4. The Bertz CT molecular complexity index is 553. The zero-order valence-electron chi connectivity index (χ0n) is 7.50. The molecule has 0 spiro atoms. The van der Waals surface area contributed by atoms with Gasteiger partial charge in [0.25, 0.3) is 5.56 Å². The summed E-state index contributed by atoms with van der Waals surface area (Å²) >= 11 is 3.27. The summed E-state index contributed by atoms with van der Waals surface area (Å²) in [6, 6.07) is 7.01. The smallest absolute Gasteiger partial charge is 0.287 e. The van der Waals surface area contributed by atoms with E-state index >= 15 is 0 Å². The van der Waals surface area contributed by atoms with Gasteiger partial charge in [-0.2, -0.15) is 4.39 Å². The van der Waals surface area contributed by atoms with E-state index in [4.69, 9.17) is 0 Å². The van der Waals surface area contributed by atoms with Crippen LogP contribution in [0.25, 0.3) is 11.3 Å². The third-order valence-electron chi connectivity index (χ3n) is 1.93. The highest BCUT2D eigenvalue weighted by Gasteiger charge is 2.11. The highest BCUT2D eigenvalue weighted by Crippen LogP contribution is 2.26. The zero-order chi connectivity index (χ0) is 10.8. The molecule has 0 saturated heterocycles. The molecule has 0 fully saturated rings. The Morgan fingerprint density at radius 1 is 1.33 bits per heavy atom. The monoisotopic (exact) mass is 268 g/mol. The van der Waals surface area contributed by atoms with Gasteiger partial charge < -0.3 is 4.98 Å². The van der Waals surface area contributed by atoms with Crippen LogP contribution in [0.4, 0.5) is 4.39 Å². The van der Waals surface area contributed by atoms with Gasteiger partial charge in [-0.3, -0.25) is 4.79 Å². The van der Waals surface area contributed by atoms with Crippen molar-refractivity contribution in [2.24, 2.45) is 0 Å². The van der Waals surface area contributed by atoms with Crippen LogP contribution in [0.5, 0.6) is 0 Å². The molecule has 0 atom stereocenters. The molecule has 1 aromatic carbocycles. The van der Waals surface area contributed by atoms with Crippen molar-refractivity contribution in [2.45, 2.75) is 0 Å². The Balaban J connectivity index is 2.70. The molecule has 1 N–H and O–H groups in total. The summed E-state index contributed by atoms with van der Waals surface area (Å²) in [5.41, 5.74) is -0.164. The van der Waals surface area contributed by atoms with Crippen LogP contribution in [0, 0.1) is 5.82 Å². The van der Waals surface area contributed by atoms with Gasteiger partial charge in [-0.25, -0.2) is 4.98 Å². The number of nitrogens with zero attached hydrogens (tertiary/aromatic N) is 1. The van der Waals surface area contributed by atoms with Crippen molar-refractivity contribution < 1.29 is 4.39 Å². The van der Waals surface area contributed by atoms with Gasteiger partial charge in [0.1, 0.15) is 5.69 Å². The summed E-state index contributed by atoms with van der Waals surface area (Å²) in [6.45, 7) is 0. The molecule has 0 radical (unpaired) electrons. The summed E-state index contributed by atoms with van der Waals surface area (Å²) in [5.74, 6) is -0.871. The molecule has 1 aromatic heterocycles. The molecule has 0 aliphatic heterocycles. The molecule has 0 aliphatic rings. The molecule has 3 nitrogen and oxygen atoms in total. The molecule has 0 bridgehead atoms. The van der Waals surface area contributed by atoms with E-state index in [9.17, 15) is 9.18 Å². The van der Waals surface area contributed by atoms with Crippen molar-refractivity contribution in [2.75, 3.05) is 0 Å². The van der Waals surface area contributed by atoms with Crippen LogP contribution < -0.4 is 5.56 Å². The van der Waals surface area contributed by atoms with Gasteiger partial charge in [-0.05, 0) is 6.07 Å². The fourth-order valence-electron chi connectivity index (χ4n) is 1.22. The first-order valence-corrected chi connectivity index (χ1v) is 4.97. The van der Waals surface area contributed by atoms with E-state index in [-0.39, 0.29) is 5.69 Å². The third kappa shape index (κ3) is 1.83. The molecule has 0 amide bonds. The van der Waals surface area contributed by atoms with Gasteiger partial charge in [-0.15, -0.1) is 0 Å². The van der Waals surface area contributed by atoms with Gasteiger partial charge in [0, 0.05) is 10.0 Å². The van der Waals surface area contributed by atoms with Crippen molar-refractivity contribution in [1.29, 1.82) is 0 Å². The number of aromatic nitrogens is 2. The maximum Gasteiger partial charge on any atom is 0.287 e. The van der Waals surface area contributed by atoms with Crippen molar-refractivity contribution >= 4 is 15.9 Å². The lowest BCUT2D eigenvalue weighted by Gasteiger charge is -2.03. The number of H-pyrrole nitrogens is 1. The van der Waals surface area contributed by atoms with Crippen molar-refractivity contribution in [3.05, 3.63) is 51.2 Å². The van der Waals surface area contributed by atoms with Crippen molar-refractivity contribution in [1.82, 2.24) is 9.97 Å². The Kier molecular flexibility index (Phi) is 2.64. The van der Waals surface area contributed by atoms with Crippen LogP contribution in [-0.4, -0.2) is 9.97 Å². The molecule has 2 aromatic rings. The molecule has 0 aliphatic carbocycles. The largest absolute Gasteiger partial charge is 0.311 e. The van der Waals surface area contributed by atoms with E-state index in [1.165, 1.54) is 6.33 Å². The Morgan fingerprint density at radius 3 is 2.80 bits per heavy atom. The average molecular weight is 269 g/mol. The predicted molar refractivity (Wildman–Crippen MR) is 58.0 cm³/mol. The van der Waals surface area contributed by atoms with Gasteiger partial charge >= 0.3 is 0 Å². The van der Waals surface area contributed by atoms with Crippen LogP contribution in [0.3, 0.4) is 0 Å². The van der Waals surface area contributed by atoms with E-state index in [0.717, 1.165) is 0 Å². The van der Waals surface area contributed by atoms with E-state index in [1.807, 2.05) is 0 Å². The highest BCUT2D eigenvalue weighted by atomic mass is 79.9. The fourth-order valence-corrected chi connectivity index (χ4v) is 1.70. The summed E-state index contributed by atoms with van der Waals surface area (Å²) in [4.78, 5) is 17.0. The van der Waals surface area contributed by atoms with E-state index in [1.54, 1.807) is 24.3 Å². The average Bonchev–Trinajstić information content (AvgIpc) is 2.23. The molecule has 2 rings (SSSR count). The van der Waals surface area contributed by atoms with Crippen LogP contribution in [0.15, 0.2) is 39.9 Å². The number of aromatic amines is 1. The SMILES string of the molecule is O=c1[nH]cnc(-c2ccccc2Br)c1F. The fraction of sp³-hybridized carbons (Fsp3) is 0. The number of rotatable bonds is 1. The van der Waals surface area contributed by atoms with E-state index in [0.29, 0.717) is 10.0 Å². The van der Waals surface area contributed by atoms with Gasteiger partial charge in [0.2, 0.25) is 5.82 Å². The standard InChI is InChI=1S/C10H6BrFN2O/c11-7-4-2-1-3-6(7)9-8(12)10(15)14-5-13-9/h1-5H,(H,13,14,15). The second-order valence-corrected chi connectivity index (χ2v) is 3.73. The molecule has 76 valence electrons. The first kappa shape index (κ1) is 10.0. The first-order valence-electron chi connectivity index (χ1n) is 4.18. The summed E-state index contributed by atoms with van der Waals surface area (Å²) in [7, 11) is 0. The molecule has 5 heteroatoms. The maximum atomic E-state index is 13.4. The number of benzene rings is 1. The van der Waals surface area contributed by atoms with Crippen molar-refractivity contribution in [3.63, 3.8) is 0 Å². The highest BCUT2D eigenvalue weighted by molar-refractivity contribution is 9.10. The lowest BCUT2D eigenvalue weighted by atomic mass is 10.1. The Labute approximate surface area is 93.1 Å². The predicted octanol–water partition coefficient (Wildman–Crippen LogP) is 2.34. The summed E-state index contributed by atoms with van der Waals surface area (Å²) < 4.78 is 14.1. The molecule has 0 saturated carbocycles. The summed E-state index contributed by atoms with van der Waals surface area (Å²) in [6.07, 6.45) is 1.18. The Morgan fingerprint density at radius 2 is 2.07 bits per heavy atom. The van der Waals surface area contributed by atoms with Crippen molar-refractivity contribution in [3.8, 4) is 11.3 Å². The lowest BCUT2D eigenvalue weighted by molar-refractivity contribution is 0.604. The molecule has 0 unspecified atom stereocenters. The second-order valence-electron chi connectivity index (χ2n) is 2.87. The van der Waals surface area contributed by atoms with Gasteiger partial charge in [0.15, 0.2) is 0 Å². The third-order valence-corrected chi connectivity index (χ3v) is 2.62. The van der Waals surface area contributed by atoms with Crippen LogP contribution in [0.2, 0.25) is 0 Å². The lowest BCUT2D eigenvalue weighted by Crippen LogP contribution is -2.12. The quantitative estimate of drug-likeness (QED) is 0.863. The minimum absolute atomic E-state index is 0.0474.